The molecular weight excluding hydrogens is 325 g/mol. The molecule has 126 valence electrons. The maximum Gasteiger partial charge on any atom is 0.421 e. The summed E-state index contributed by atoms with van der Waals surface area (Å²) in [5.41, 5.74) is 0.309. The highest BCUT2D eigenvalue weighted by atomic mass is 19.4. The molecule has 0 saturated carbocycles. The summed E-state index contributed by atoms with van der Waals surface area (Å²) in [6.07, 6.45) is -2.23. The maximum absolute atomic E-state index is 12.9. The van der Waals surface area contributed by atoms with Gasteiger partial charge in [-0.25, -0.2) is 4.98 Å². The average molecular weight is 338 g/mol. The van der Waals surface area contributed by atoms with Crippen LogP contribution in [0.15, 0.2) is 24.5 Å². The molecule has 0 amide bonds. The molecule has 2 aromatic heterocycles. The lowest BCUT2D eigenvalue weighted by molar-refractivity contribution is -0.137. The predicted octanol–water partition coefficient (Wildman–Crippen LogP) is 3.17. The standard InChI is InChI=1S/C14H13F3N6O/c1-18-12-8(14(15,16)17)6-19-13(22-12)21-9-3-4-10(24-2)11-7(9)5-20-23-11/h3-6H,1-2H3,(H,20,23)(H2,18,19,21,22). The van der Waals surface area contributed by atoms with Crippen LogP contribution in [0.5, 0.6) is 5.75 Å². The molecule has 0 aliphatic carbocycles. The van der Waals surface area contributed by atoms with Crippen molar-refractivity contribution >= 4 is 28.4 Å². The van der Waals surface area contributed by atoms with E-state index in [2.05, 4.69) is 30.8 Å². The normalized spacial score (nSPS) is 11.5. The molecule has 10 heteroatoms. The lowest BCUT2D eigenvalue weighted by Gasteiger charge is -2.13. The van der Waals surface area contributed by atoms with Gasteiger partial charge in [0, 0.05) is 18.6 Å². The van der Waals surface area contributed by atoms with Crippen LogP contribution in [0, 0.1) is 0 Å². The number of halogens is 3. The van der Waals surface area contributed by atoms with Crippen molar-refractivity contribution < 1.29 is 17.9 Å². The molecule has 0 radical (unpaired) electrons. The van der Waals surface area contributed by atoms with Crippen LogP contribution in [0.2, 0.25) is 0 Å². The Bertz CT molecular complexity index is 877. The Balaban J connectivity index is 1.99. The minimum absolute atomic E-state index is 0.0278. The number of aromatic amines is 1. The number of fused-ring (bicyclic) bond motifs is 1. The van der Waals surface area contributed by atoms with Crippen LogP contribution in [0.4, 0.5) is 30.6 Å². The van der Waals surface area contributed by atoms with E-state index < -0.39 is 11.7 Å². The number of methoxy groups -OCH3 is 1. The minimum Gasteiger partial charge on any atom is -0.494 e. The van der Waals surface area contributed by atoms with Gasteiger partial charge in [0.25, 0.3) is 0 Å². The van der Waals surface area contributed by atoms with E-state index in [0.29, 0.717) is 22.3 Å². The highest BCUT2D eigenvalue weighted by Crippen LogP contribution is 2.35. The van der Waals surface area contributed by atoms with E-state index in [1.807, 2.05) is 0 Å². The Kier molecular flexibility index (Phi) is 3.87. The Hall–Kier alpha value is -3.04. The van der Waals surface area contributed by atoms with Gasteiger partial charge < -0.3 is 15.4 Å². The molecular formula is C14H13F3N6O. The molecule has 0 aliphatic rings. The first-order valence-electron chi connectivity index (χ1n) is 6.83. The average Bonchev–Trinajstić information content (AvgIpc) is 3.04. The number of alkyl halides is 3. The van der Waals surface area contributed by atoms with Gasteiger partial charge in [-0.2, -0.15) is 23.3 Å². The van der Waals surface area contributed by atoms with Crippen LogP contribution in [0.1, 0.15) is 5.56 Å². The van der Waals surface area contributed by atoms with Gasteiger partial charge in [-0.1, -0.05) is 0 Å². The van der Waals surface area contributed by atoms with Gasteiger partial charge in [0.2, 0.25) is 5.95 Å². The summed E-state index contributed by atoms with van der Waals surface area (Å²) in [6, 6.07) is 3.41. The fourth-order valence-corrected chi connectivity index (χ4v) is 2.25. The van der Waals surface area contributed by atoms with Crippen LogP contribution in [0.3, 0.4) is 0 Å². The van der Waals surface area contributed by atoms with Crippen molar-refractivity contribution in [2.75, 3.05) is 24.8 Å². The van der Waals surface area contributed by atoms with Crippen LogP contribution in [0.25, 0.3) is 10.9 Å². The number of aromatic nitrogens is 4. The number of nitrogens with one attached hydrogen (secondary N) is 3. The van der Waals surface area contributed by atoms with Gasteiger partial charge in [0.1, 0.15) is 22.6 Å². The lowest BCUT2D eigenvalue weighted by Crippen LogP contribution is -2.12. The molecule has 3 N–H and O–H groups in total. The van der Waals surface area contributed by atoms with E-state index in [-0.39, 0.29) is 11.8 Å². The van der Waals surface area contributed by atoms with E-state index >= 15 is 0 Å². The number of nitrogens with zero attached hydrogens (tertiary/aromatic N) is 3. The van der Waals surface area contributed by atoms with Crippen molar-refractivity contribution in [3.8, 4) is 5.75 Å². The highest BCUT2D eigenvalue weighted by molar-refractivity contribution is 5.96. The Morgan fingerprint density at radius 3 is 2.67 bits per heavy atom. The smallest absolute Gasteiger partial charge is 0.421 e. The molecule has 3 rings (SSSR count). The molecule has 0 bridgehead atoms. The molecule has 0 aliphatic heterocycles. The summed E-state index contributed by atoms with van der Waals surface area (Å²) >= 11 is 0. The molecule has 0 atom stereocenters. The summed E-state index contributed by atoms with van der Waals surface area (Å²) in [7, 11) is 2.89. The van der Waals surface area contributed by atoms with Crippen molar-refractivity contribution in [2.45, 2.75) is 6.18 Å². The van der Waals surface area contributed by atoms with Crippen LogP contribution < -0.4 is 15.4 Å². The molecule has 0 fully saturated rings. The third kappa shape index (κ3) is 2.77. The summed E-state index contributed by atoms with van der Waals surface area (Å²) < 4.78 is 43.8. The van der Waals surface area contributed by atoms with Crippen LogP contribution >= 0.6 is 0 Å². The Morgan fingerprint density at radius 1 is 1.21 bits per heavy atom. The number of hydrogen-bond donors (Lipinski definition) is 3. The van der Waals surface area contributed by atoms with E-state index in [4.69, 9.17) is 4.74 Å². The first-order chi connectivity index (χ1) is 11.4. The van der Waals surface area contributed by atoms with Crippen molar-refractivity contribution in [1.29, 1.82) is 0 Å². The van der Waals surface area contributed by atoms with Crippen molar-refractivity contribution in [1.82, 2.24) is 20.2 Å². The summed E-state index contributed by atoms with van der Waals surface area (Å²) in [5, 5.41) is 12.8. The molecule has 0 saturated heterocycles. The maximum atomic E-state index is 12.9. The summed E-state index contributed by atoms with van der Waals surface area (Å²) in [4.78, 5) is 7.61. The minimum atomic E-state index is -4.53. The number of benzene rings is 1. The fraction of sp³-hybridized carbons (Fsp3) is 0.214. The largest absolute Gasteiger partial charge is 0.494 e. The molecule has 7 nitrogen and oxygen atoms in total. The monoisotopic (exact) mass is 338 g/mol. The number of rotatable bonds is 4. The molecule has 2 heterocycles. The quantitative estimate of drug-likeness (QED) is 0.677. The zero-order valence-corrected chi connectivity index (χ0v) is 12.7. The third-order valence-corrected chi connectivity index (χ3v) is 3.37. The van der Waals surface area contributed by atoms with Crippen molar-refractivity contribution in [2.24, 2.45) is 0 Å². The predicted molar refractivity (Wildman–Crippen MR) is 82.5 cm³/mol. The van der Waals surface area contributed by atoms with Gasteiger partial charge in [-0.05, 0) is 12.1 Å². The number of anilines is 3. The topological polar surface area (TPSA) is 87.8 Å². The zero-order chi connectivity index (χ0) is 17.3. The number of hydrogen-bond acceptors (Lipinski definition) is 6. The zero-order valence-electron chi connectivity index (χ0n) is 12.7. The van der Waals surface area contributed by atoms with Crippen molar-refractivity contribution in [3.63, 3.8) is 0 Å². The second-order valence-corrected chi connectivity index (χ2v) is 4.80. The van der Waals surface area contributed by atoms with E-state index in [1.54, 1.807) is 18.3 Å². The fourth-order valence-electron chi connectivity index (χ4n) is 2.25. The molecule has 3 aromatic rings. The van der Waals surface area contributed by atoms with E-state index in [9.17, 15) is 13.2 Å². The van der Waals surface area contributed by atoms with Gasteiger partial charge in [-0.15, -0.1) is 0 Å². The molecule has 0 unspecified atom stereocenters. The van der Waals surface area contributed by atoms with Gasteiger partial charge in [0.15, 0.2) is 0 Å². The highest BCUT2D eigenvalue weighted by Gasteiger charge is 2.35. The van der Waals surface area contributed by atoms with Gasteiger partial charge in [-0.3, -0.25) is 5.10 Å². The van der Waals surface area contributed by atoms with Gasteiger partial charge in [0.05, 0.1) is 19.0 Å². The molecule has 1 aromatic carbocycles. The molecule has 24 heavy (non-hydrogen) atoms. The third-order valence-electron chi connectivity index (χ3n) is 3.37. The molecule has 0 spiro atoms. The van der Waals surface area contributed by atoms with E-state index in [1.165, 1.54) is 14.2 Å². The second kappa shape index (κ2) is 5.87. The van der Waals surface area contributed by atoms with Gasteiger partial charge >= 0.3 is 6.18 Å². The Morgan fingerprint density at radius 2 is 2.00 bits per heavy atom. The SMILES string of the molecule is CNc1nc(Nc2ccc(OC)c3[nH]ncc23)ncc1C(F)(F)F. The first-order valence-corrected chi connectivity index (χ1v) is 6.83. The first kappa shape index (κ1) is 15.8. The van der Waals surface area contributed by atoms with E-state index in [0.717, 1.165) is 6.20 Å². The summed E-state index contributed by atoms with van der Waals surface area (Å²) in [6.45, 7) is 0. The van der Waals surface area contributed by atoms with Crippen LogP contribution in [-0.2, 0) is 6.18 Å². The van der Waals surface area contributed by atoms with Crippen molar-refractivity contribution in [3.05, 3.63) is 30.1 Å². The Labute approximate surface area is 134 Å². The van der Waals surface area contributed by atoms with Crippen LogP contribution in [-0.4, -0.2) is 34.3 Å². The second-order valence-electron chi connectivity index (χ2n) is 4.80. The number of ether oxygens (including phenoxy) is 1. The number of H-pyrrole nitrogens is 1. The lowest BCUT2D eigenvalue weighted by atomic mass is 10.2. The summed E-state index contributed by atoms with van der Waals surface area (Å²) in [5.74, 6) is 0.314.